The van der Waals surface area contributed by atoms with Crippen LogP contribution < -0.4 is 0 Å². The molecule has 0 aliphatic heterocycles. The number of nitrogens with zero attached hydrogens (tertiary/aromatic N) is 6. The van der Waals surface area contributed by atoms with Crippen molar-refractivity contribution in [3.63, 3.8) is 0 Å². The molecular formula is C23H20N6S. The van der Waals surface area contributed by atoms with Gasteiger partial charge in [0.25, 0.3) is 0 Å². The summed E-state index contributed by atoms with van der Waals surface area (Å²) in [6, 6.07) is 24.5. The van der Waals surface area contributed by atoms with Crippen molar-refractivity contribution in [2.45, 2.75) is 10.9 Å². The zero-order chi connectivity index (χ0) is 20.3. The highest BCUT2D eigenvalue weighted by Gasteiger charge is 2.21. The van der Waals surface area contributed by atoms with Gasteiger partial charge >= 0.3 is 0 Å². The van der Waals surface area contributed by atoms with Crippen LogP contribution in [0.25, 0.3) is 22.9 Å². The van der Waals surface area contributed by atoms with E-state index >= 15 is 0 Å². The fourth-order valence-electron chi connectivity index (χ4n) is 3.38. The molecule has 6 nitrogen and oxygen atoms in total. The van der Waals surface area contributed by atoms with Crippen LogP contribution in [0.3, 0.4) is 0 Å². The lowest BCUT2D eigenvalue weighted by Crippen LogP contribution is -2.06. The second-order valence-electron chi connectivity index (χ2n) is 6.86. The summed E-state index contributed by atoms with van der Waals surface area (Å²) in [7, 11) is 2.00. The van der Waals surface area contributed by atoms with Crippen molar-refractivity contribution in [1.29, 1.82) is 0 Å². The standard InChI is InChI=1S/C23H20N6S/c1-27-21(25-26-23(27)30-17-18-10-4-2-5-11-18)20-16-24-29(19-12-6-3-7-13-19)22(20)28-14-8-9-15-28/h2-16H,17H2,1H3. The Kier molecular flexibility index (Phi) is 4.94. The third-order valence-corrected chi connectivity index (χ3v) is 5.97. The quantitative estimate of drug-likeness (QED) is 0.378. The van der Waals surface area contributed by atoms with E-state index in [0.717, 1.165) is 33.8 Å². The lowest BCUT2D eigenvalue weighted by molar-refractivity contribution is 0.792. The van der Waals surface area contributed by atoms with Gasteiger partial charge in [-0.15, -0.1) is 10.2 Å². The molecule has 30 heavy (non-hydrogen) atoms. The van der Waals surface area contributed by atoms with Crippen molar-refractivity contribution < 1.29 is 0 Å². The van der Waals surface area contributed by atoms with Crippen LogP contribution in [0.1, 0.15) is 5.56 Å². The molecule has 0 aliphatic rings. The maximum atomic E-state index is 4.67. The summed E-state index contributed by atoms with van der Waals surface area (Å²) in [6.07, 6.45) is 5.89. The second kappa shape index (κ2) is 8.04. The molecular weight excluding hydrogens is 392 g/mol. The summed E-state index contributed by atoms with van der Waals surface area (Å²) < 4.78 is 6.02. The Balaban J connectivity index is 1.53. The van der Waals surface area contributed by atoms with Crippen molar-refractivity contribution >= 4 is 11.8 Å². The predicted molar refractivity (Wildman–Crippen MR) is 119 cm³/mol. The molecule has 0 fully saturated rings. The molecule has 0 spiro atoms. The van der Waals surface area contributed by atoms with E-state index in [0.29, 0.717) is 0 Å². The highest BCUT2D eigenvalue weighted by Crippen LogP contribution is 2.30. The highest BCUT2D eigenvalue weighted by molar-refractivity contribution is 7.98. The van der Waals surface area contributed by atoms with Crippen molar-refractivity contribution in [3.05, 3.63) is 97.0 Å². The molecule has 0 bridgehead atoms. The van der Waals surface area contributed by atoms with Crippen LogP contribution in [0.5, 0.6) is 0 Å². The third kappa shape index (κ3) is 3.44. The summed E-state index contributed by atoms with van der Waals surface area (Å²) in [6.45, 7) is 0. The highest BCUT2D eigenvalue weighted by atomic mass is 32.2. The Morgan fingerprint density at radius 3 is 2.27 bits per heavy atom. The average molecular weight is 413 g/mol. The van der Waals surface area contributed by atoms with Crippen molar-refractivity contribution in [3.8, 4) is 22.9 Å². The van der Waals surface area contributed by atoms with Crippen molar-refractivity contribution in [2.24, 2.45) is 7.05 Å². The van der Waals surface area contributed by atoms with Gasteiger partial charge in [0.1, 0.15) is 0 Å². The smallest absolute Gasteiger partial charge is 0.191 e. The number of benzene rings is 2. The molecule has 2 aromatic carbocycles. The molecule has 0 N–H and O–H groups in total. The minimum atomic E-state index is 0.788. The van der Waals surface area contributed by atoms with Gasteiger partial charge < -0.3 is 9.13 Å². The van der Waals surface area contributed by atoms with Crippen LogP contribution in [-0.2, 0) is 12.8 Å². The van der Waals surface area contributed by atoms with Crippen LogP contribution in [0, 0.1) is 0 Å². The van der Waals surface area contributed by atoms with E-state index in [4.69, 9.17) is 0 Å². The predicted octanol–water partition coefficient (Wildman–Crippen LogP) is 4.75. The van der Waals surface area contributed by atoms with Crippen molar-refractivity contribution in [1.82, 2.24) is 29.1 Å². The van der Waals surface area contributed by atoms with Gasteiger partial charge in [-0.25, -0.2) is 4.68 Å². The third-order valence-electron chi connectivity index (χ3n) is 4.88. The molecule has 5 aromatic rings. The molecule has 0 saturated carbocycles. The Morgan fingerprint density at radius 2 is 1.53 bits per heavy atom. The first-order valence-corrected chi connectivity index (χ1v) is 10.6. The topological polar surface area (TPSA) is 53.5 Å². The van der Waals surface area contributed by atoms with Crippen LogP contribution >= 0.6 is 11.8 Å². The Hall–Kier alpha value is -3.58. The van der Waals surface area contributed by atoms with Crippen LogP contribution in [0.2, 0.25) is 0 Å². The summed E-state index contributed by atoms with van der Waals surface area (Å²) in [5.41, 5.74) is 3.18. The summed E-state index contributed by atoms with van der Waals surface area (Å²) in [4.78, 5) is 0. The number of hydrogen-bond acceptors (Lipinski definition) is 4. The van der Waals surface area contributed by atoms with Gasteiger partial charge in [0.2, 0.25) is 0 Å². The summed E-state index contributed by atoms with van der Waals surface area (Å²) in [5, 5.41) is 14.5. The summed E-state index contributed by atoms with van der Waals surface area (Å²) in [5.74, 6) is 2.57. The lowest BCUT2D eigenvalue weighted by Gasteiger charge is -2.11. The van der Waals surface area contributed by atoms with Crippen molar-refractivity contribution in [2.75, 3.05) is 0 Å². The van der Waals surface area contributed by atoms with E-state index < -0.39 is 0 Å². The van der Waals surface area contributed by atoms with Gasteiger partial charge in [-0.2, -0.15) is 5.10 Å². The molecule has 148 valence electrons. The zero-order valence-corrected chi connectivity index (χ0v) is 17.3. The summed E-state index contributed by atoms with van der Waals surface area (Å²) >= 11 is 1.68. The molecule has 0 unspecified atom stereocenters. The van der Waals surface area contributed by atoms with E-state index in [9.17, 15) is 0 Å². The van der Waals surface area contributed by atoms with Gasteiger partial charge in [0.15, 0.2) is 16.8 Å². The van der Waals surface area contributed by atoms with E-state index in [1.165, 1.54) is 5.56 Å². The second-order valence-corrected chi connectivity index (χ2v) is 7.80. The Labute approximate surface area is 178 Å². The SMILES string of the molecule is Cn1c(SCc2ccccc2)nnc1-c1cnn(-c2ccccc2)c1-n1cccc1. The Bertz CT molecular complexity index is 1240. The van der Waals surface area contributed by atoms with Crippen LogP contribution in [0.15, 0.2) is 96.5 Å². The molecule has 0 amide bonds. The van der Waals surface area contributed by atoms with E-state index in [2.05, 4.69) is 44.1 Å². The molecule has 3 heterocycles. The molecule has 0 atom stereocenters. The fraction of sp³-hybridized carbons (Fsp3) is 0.0870. The molecule has 5 rings (SSSR count). The average Bonchev–Trinajstić information content (AvgIpc) is 3.53. The first kappa shape index (κ1) is 18.4. The molecule has 3 aromatic heterocycles. The fourth-order valence-corrected chi connectivity index (χ4v) is 4.25. The van der Waals surface area contributed by atoms with Gasteiger partial charge in [-0.1, -0.05) is 60.3 Å². The zero-order valence-electron chi connectivity index (χ0n) is 16.5. The first-order chi connectivity index (χ1) is 14.8. The van der Waals surface area contributed by atoms with Crippen LogP contribution in [-0.4, -0.2) is 29.1 Å². The number of thioether (sulfide) groups is 1. The number of aromatic nitrogens is 6. The molecule has 0 aliphatic carbocycles. The molecule has 0 radical (unpaired) electrons. The van der Waals surface area contributed by atoms with Crippen LogP contribution in [0.4, 0.5) is 0 Å². The molecule has 7 heteroatoms. The number of hydrogen-bond donors (Lipinski definition) is 0. The monoisotopic (exact) mass is 412 g/mol. The van der Waals surface area contributed by atoms with E-state index in [-0.39, 0.29) is 0 Å². The minimum Gasteiger partial charge on any atom is -0.308 e. The minimum absolute atomic E-state index is 0.788. The largest absolute Gasteiger partial charge is 0.308 e. The maximum absolute atomic E-state index is 4.67. The van der Waals surface area contributed by atoms with E-state index in [1.54, 1.807) is 11.8 Å². The molecule has 0 saturated heterocycles. The number of rotatable bonds is 6. The van der Waals surface area contributed by atoms with Gasteiger partial charge in [-0.3, -0.25) is 0 Å². The van der Waals surface area contributed by atoms with Gasteiger partial charge in [-0.05, 0) is 29.8 Å². The lowest BCUT2D eigenvalue weighted by atomic mass is 10.2. The Morgan fingerprint density at radius 1 is 0.833 bits per heavy atom. The normalized spacial score (nSPS) is 11.1. The van der Waals surface area contributed by atoms with E-state index in [1.807, 2.05) is 83.4 Å². The first-order valence-electron chi connectivity index (χ1n) is 9.64. The van der Waals surface area contributed by atoms with Gasteiger partial charge in [0.05, 0.1) is 17.4 Å². The maximum Gasteiger partial charge on any atom is 0.191 e. The van der Waals surface area contributed by atoms with Gasteiger partial charge in [0, 0.05) is 25.2 Å². The number of para-hydroxylation sites is 1.